The maximum atomic E-state index is 13.6. The summed E-state index contributed by atoms with van der Waals surface area (Å²) in [5.74, 6) is 0.736. The summed E-state index contributed by atoms with van der Waals surface area (Å²) in [5, 5.41) is 2.84. The molecule has 3 aromatic carbocycles. The van der Waals surface area contributed by atoms with Crippen molar-refractivity contribution in [1.82, 2.24) is 0 Å². The number of hydrogen-bond acceptors (Lipinski definition) is 7. The molecule has 0 bridgehead atoms. The molecule has 2 atom stereocenters. The topological polar surface area (TPSA) is 95.6 Å². The van der Waals surface area contributed by atoms with E-state index in [9.17, 15) is 14.1 Å². The van der Waals surface area contributed by atoms with Crippen LogP contribution >= 0.6 is 0 Å². The molecule has 192 valence electrons. The van der Waals surface area contributed by atoms with Gasteiger partial charge in [0.25, 0.3) is 0 Å². The SMILES string of the molecule is COc1ccc(C2C(C(=O)Nc3ccc(OC)c(OF)c3)CCC(=O)N2c2ccc3c(c2)OCO3)cc1. The standard InChI is InChI=1S/C27H25FN2O7/c1-33-19-7-3-16(4-8-19)26-20(27(32)29-17-5-10-21(34-2)24(13-17)37-28)9-12-25(31)30(26)18-6-11-22-23(14-18)36-15-35-22/h3-8,10-11,13-14,20,26H,9,12,15H2,1-2H3,(H,29,32). The Kier molecular flexibility index (Phi) is 6.72. The third kappa shape index (κ3) is 4.69. The highest BCUT2D eigenvalue weighted by atomic mass is 19.3. The molecule has 2 heterocycles. The number of amides is 2. The van der Waals surface area contributed by atoms with Crippen LogP contribution in [0, 0.1) is 5.92 Å². The van der Waals surface area contributed by atoms with Crippen molar-refractivity contribution in [1.29, 1.82) is 0 Å². The predicted molar refractivity (Wildman–Crippen MR) is 132 cm³/mol. The van der Waals surface area contributed by atoms with Gasteiger partial charge in [-0.05, 0) is 48.4 Å². The zero-order valence-corrected chi connectivity index (χ0v) is 20.2. The molecular formula is C27H25FN2O7. The molecule has 37 heavy (non-hydrogen) atoms. The van der Waals surface area contributed by atoms with Crippen molar-refractivity contribution in [2.24, 2.45) is 5.92 Å². The summed E-state index contributed by atoms with van der Waals surface area (Å²) in [6.07, 6.45) is 0.492. The molecule has 10 heteroatoms. The first kappa shape index (κ1) is 24.2. The van der Waals surface area contributed by atoms with Gasteiger partial charge in [-0.1, -0.05) is 12.1 Å². The molecule has 0 spiro atoms. The van der Waals surface area contributed by atoms with Gasteiger partial charge in [-0.2, -0.15) is 0 Å². The van der Waals surface area contributed by atoms with E-state index in [4.69, 9.17) is 18.9 Å². The summed E-state index contributed by atoms with van der Waals surface area (Å²) in [7, 11) is 2.96. The Labute approximate surface area is 212 Å². The van der Waals surface area contributed by atoms with Crippen LogP contribution in [0.5, 0.6) is 28.7 Å². The monoisotopic (exact) mass is 508 g/mol. The second-order valence-corrected chi connectivity index (χ2v) is 8.60. The van der Waals surface area contributed by atoms with Gasteiger partial charge in [0.15, 0.2) is 17.2 Å². The lowest BCUT2D eigenvalue weighted by molar-refractivity contribution is -0.125. The number of hydrogen-bond donors (Lipinski definition) is 1. The number of benzene rings is 3. The Morgan fingerprint density at radius 1 is 0.973 bits per heavy atom. The molecule has 2 aliphatic heterocycles. The molecule has 0 aliphatic carbocycles. The lowest BCUT2D eigenvalue weighted by Crippen LogP contribution is -2.47. The second-order valence-electron chi connectivity index (χ2n) is 8.60. The van der Waals surface area contributed by atoms with E-state index in [1.165, 1.54) is 19.2 Å². The van der Waals surface area contributed by atoms with E-state index in [0.29, 0.717) is 35.0 Å². The minimum atomic E-state index is -0.623. The number of carbonyl (C=O) groups excluding carboxylic acids is 2. The average molecular weight is 509 g/mol. The molecule has 2 amide bonds. The highest BCUT2D eigenvalue weighted by Gasteiger charge is 2.42. The number of ether oxygens (including phenoxy) is 4. The van der Waals surface area contributed by atoms with Gasteiger partial charge in [0.1, 0.15) is 5.75 Å². The molecule has 0 aromatic heterocycles. The van der Waals surface area contributed by atoms with E-state index < -0.39 is 12.0 Å². The summed E-state index contributed by atoms with van der Waals surface area (Å²) in [4.78, 5) is 32.4. The minimum absolute atomic E-state index is 0.103. The molecule has 2 unspecified atom stereocenters. The average Bonchev–Trinajstić information content (AvgIpc) is 3.40. The Morgan fingerprint density at radius 2 is 1.76 bits per heavy atom. The van der Waals surface area contributed by atoms with Gasteiger partial charge >= 0.3 is 0 Å². The van der Waals surface area contributed by atoms with E-state index in [2.05, 4.69) is 10.3 Å². The van der Waals surface area contributed by atoms with Gasteiger partial charge in [-0.3, -0.25) is 14.5 Å². The number of nitrogens with zero attached hydrogens (tertiary/aromatic N) is 1. The van der Waals surface area contributed by atoms with Crippen molar-refractivity contribution < 1.29 is 38.0 Å². The summed E-state index contributed by atoms with van der Waals surface area (Å²) < 4.78 is 34.3. The fourth-order valence-corrected chi connectivity index (χ4v) is 4.74. The van der Waals surface area contributed by atoms with Crippen molar-refractivity contribution in [3.8, 4) is 28.7 Å². The summed E-state index contributed by atoms with van der Waals surface area (Å²) in [6.45, 7) is 0.103. The van der Waals surface area contributed by atoms with Gasteiger partial charge in [0.2, 0.25) is 24.4 Å². The first-order valence-corrected chi connectivity index (χ1v) is 11.7. The van der Waals surface area contributed by atoms with E-state index >= 15 is 0 Å². The zero-order valence-electron chi connectivity index (χ0n) is 20.2. The lowest BCUT2D eigenvalue weighted by Gasteiger charge is -2.41. The zero-order chi connectivity index (χ0) is 25.9. The Hall–Kier alpha value is -4.47. The van der Waals surface area contributed by atoms with Crippen LogP contribution in [-0.2, 0) is 9.59 Å². The summed E-state index contributed by atoms with van der Waals surface area (Å²) in [6, 6.07) is 16.3. The van der Waals surface area contributed by atoms with Gasteiger partial charge in [0.05, 0.1) is 26.2 Å². The molecule has 1 saturated heterocycles. The summed E-state index contributed by atoms with van der Waals surface area (Å²) in [5.41, 5.74) is 1.68. The minimum Gasteiger partial charge on any atom is -0.497 e. The number of anilines is 2. The van der Waals surface area contributed by atoms with Crippen molar-refractivity contribution in [2.45, 2.75) is 18.9 Å². The van der Waals surface area contributed by atoms with Crippen LogP contribution in [0.25, 0.3) is 0 Å². The van der Waals surface area contributed by atoms with Crippen LogP contribution in [-0.4, -0.2) is 32.8 Å². The van der Waals surface area contributed by atoms with Gasteiger partial charge < -0.3 is 29.2 Å². The number of piperidine rings is 1. The number of nitrogens with one attached hydrogen (secondary N) is 1. The smallest absolute Gasteiger partial charge is 0.231 e. The van der Waals surface area contributed by atoms with E-state index in [-0.39, 0.29) is 36.5 Å². The van der Waals surface area contributed by atoms with Crippen LogP contribution in [0.1, 0.15) is 24.4 Å². The normalized spacial score (nSPS) is 18.4. The second kappa shape index (κ2) is 10.3. The Bertz CT molecular complexity index is 1310. The first-order chi connectivity index (χ1) is 18.0. The van der Waals surface area contributed by atoms with Crippen LogP contribution in [0.4, 0.5) is 15.9 Å². The number of rotatable bonds is 7. The summed E-state index contributed by atoms with van der Waals surface area (Å²) >= 11 is 0. The number of halogens is 1. The molecule has 2 aliphatic rings. The largest absolute Gasteiger partial charge is 0.497 e. The van der Waals surface area contributed by atoms with E-state index in [0.717, 1.165) is 5.56 Å². The van der Waals surface area contributed by atoms with Gasteiger partial charge in [0, 0.05) is 34.5 Å². The maximum absolute atomic E-state index is 13.6. The third-order valence-corrected chi connectivity index (χ3v) is 6.54. The molecule has 9 nitrogen and oxygen atoms in total. The molecule has 3 aromatic rings. The molecule has 1 fully saturated rings. The third-order valence-electron chi connectivity index (χ3n) is 6.54. The number of carbonyl (C=O) groups is 2. The predicted octanol–water partition coefficient (Wildman–Crippen LogP) is 4.82. The Balaban J connectivity index is 1.51. The van der Waals surface area contributed by atoms with Crippen LogP contribution in [0.15, 0.2) is 60.7 Å². The van der Waals surface area contributed by atoms with Crippen LogP contribution < -0.4 is 34.1 Å². The fraction of sp³-hybridized carbons (Fsp3) is 0.259. The van der Waals surface area contributed by atoms with E-state index in [1.807, 2.05) is 12.1 Å². The van der Waals surface area contributed by atoms with Crippen molar-refractivity contribution >= 4 is 23.2 Å². The highest BCUT2D eigenvalue weighted by molar-refractivity contribution is 6.00. The van der Waals surface area contributed by atoms with Crippen molar-refractivity contribution in [2.75, 3.05) is 31.2 Å². The quantitative estimate of drug-likeness (QED) is 0.489. The first-order valence-electron chi connectivity index (χ1n) is 11.7. The molecule has 0 radical (unpaired) electrons. The maximum Gasteiger partial charge on any atom is 0.231 e. The van der Waals surface area contributed by atoms with Gasteiger partial charge in [-0.15, -0.1) is 0 Å². The number of methoxy groups -OCH3 is 2. The molecule has 5 rings (SSSR count). The van der Waals surface area contributed by atoms with Gasteiger partial charge in [-0.25, -0.2) is 0 Å². The highest BCUT2D eigenvalue weighted by Crippen LogP contribution is 2.44. The van der Waals surface area contributed by atoms with Crippen LogP contribution in [0.2, 0.25) is 0 Å². The van der Waals surface area contributed by atoms with Crippen LogP contribution in [0.3, 0.4) is 0 Å². The Morgan fingerprint density at radius 3 is 2.49 bits per heavy atom. The van der Waals surface area contributed by atoms with E-state index in [1.54, 1.807) is 48.4 Å². The molecule has 1 N–H and O–H groups in total. The van der Waals surface area contributed by atoms with Crippen molar-refractivity contribution in [3.63, 3.8) is 0 Å². The van der Waals surface area contributed by atoms with Crippen molar-refractivity contribution in [3.05, 3.63) is 66.2 Å². The molecular weight excluding hydrogens is 483 g/mol. The molecule has 0 saturated carbocycles. The fourth-order valence-electron chi connectivity index (χ4n) is 4.74. The number of fused-ring (bicyclic) bond motifs is 1. The lowest BCUT2D eigenvalue weighted by atomic mass is 9.83.